The fourth-order valence-electron chi connectivity index (χ4n) is 11.4. The minimum atomic E-state index is -1.01. The van der Waals surface area contributed by atoms with Crippen LogP contribution < -0.4 is 60.3 Å². The van der Waals surface area contributed by atoms with Crippen LogP contribution in [0.4, 0.5) is 22.7 Å². The number of ether oxygens (including phenoxy) is 3. The van der Waals surface area contributed by atoms with E-state index in [0.717, 1.165) is 62.6 Å². The molecule has 2 atom stereocenters. The van der Waals surface area contributed by atoms with E-state index >= 15 is 0 Å². The number of ketones is 2. The molecule has 10 aromatic rings. The Morgan fingerprint density at radius 3 is 1.18 bits per heavy atom. The summed E-state index contributed by atoms with van der Waals surface area (Å²) < 4.78 is 15.8. The third-order valence-corrected chi connectivity index (χ3v) is 17.1. The number of phenols is 2. The van der Waals surface area contributed by atoms with E-state index in [0.29, 0.717) is 61.0 Å². The number of carbonyl (C=O) groups is 8. The number of fused-ring (bicyclic) bond motifs is 12. The zero-order valence-electron chi connectivity index (χ0n) is 63.0. The maximum absolute atomic E-state index is 12.4. The molecule has 1 saturated heterocycles. The molecule has 0 saturated carbocycles. The van der Waals surface area contributed by atoms with Gasteiger partial charge in [0.25, 0.3) is 0 Å². The Morgan fingerprint density at radius 1 is 0.381 bits per heavy atom. The molecule has 4 amide bonds. The van der Waals surface area contributed by atoms with Crippen molar-refractivity contribution in [1.29, 1.82) is 0 Å². The summed E-state index contributed by atoms with van der Waals surface area (Å²) in [5.74, 6) is -2.61. The zero-order chi connectivity index (χ0) is 75.2. The number of Topliss-reactive ketones (excluding diaryl/α,β-unsaturated/α-hetero) is 2. The molecule has 21 heteroatoms. The largest absolute Gasteiger partial charge is 1.00 e. The van der Waals surface area contributed by atoms with Gasteiger partial charge in [-0.25, -0.2) is 0 Å². The number of phenolic OH excluding ortho intramolecular Hbond substituents is 2. The predicted molar refractivity (Wildman–Crippen MR) is 410 cm³/mol. The molecule has 19 nitrogen and oxygen atoms in total. The number of rotatable bonds is 6. The van der Waals surface area contributed by atoms with Crippen LogP contribution in [0.15, 0.2) is 170 Å². The van der Waals surface area contributed by atoms with Crippen molar-refractivity contribution in [3.05, 3.63) is 192 Å². The molecule has 0 bridgehead atoms. The van der Waals surface area contributed by atoms with Crippen molar-refractivity contribution in [2.75, 3.05) is 34.5 Å². The van der Waals surface area contributed by atoms with E-state index in [-0.39, 0.29) is 86.0 Å². The van der Waals surface area contributed by atoms with E-state index in [9.17, 15) is 58.8 Å². The van der Waals surface area contributed by atoms with Crippen LogP contribution >= 0.6 is 0 Å². The molecular formula is C84H89BN4NaO15. The van der Waals surface area contributed by atoms with Gasteiger partial charge in [0.1, 0.15) is 12.2 Å². The molecule has 2 unspecified atom stereocenters. The third kappa shape index (κ3) is 19.3. The van der Waals surface area contributed by atoms with Gasteiger partial charge >= 0.3 is 41.5 Å². The van der Waals surface area contributed by atoms with Gasteiger partial charge in [0.05, 0.1) is 0 Å². The first-order chi connectivity index (χ1) is 48.4. The quantitative estimate of drug-likeness (QED) is 0.0192. The maximum Gasteiger partial charge on any atom is 1.00 e. The number of nitrogens with one attached hydrogen (secondary N) is 4. The van der Waals surface area contributed by atoms with Gasteiger partial charge in [-0.15, -0.1) is 0 Å². The number of hydrogen-bond donors (Lipinski definition) is 8. The van der Waals surface area contributed by atoms with E-state index in [1.807, 2.05) is 180 Å². The maximum atomic E-state index is 12.4. The van der Waals surface area contributed by atoms with Crippen LogP contribution in [0.2, 0.25) is 0 Å². The van der Waals surface area contributed by atoms with Crippen molar-refractivity contribution in [3.8, 4) is 45.3 Å². The van der Waals surface area contributed by atoms with E-state index in [4.69, 9.17) is 14.2 Å². The predicted octanol–water partition coefficient (Wildman–Crippen LogP) is 13.9. The Labute approximate surface area is 636 Å². The van der Waals surface area contributed by atoms with Crippen LogP contribution in [0, 0.1) is 21.7 Å². The summed E-state index contributed by atoms with van der Waals surface area (Å²) in [5, 5.41) is 58.3. The van der Waals surface area contributed by atoms with Crippen molar-refractivity contribution < 1.29 is 104 Å². The molecule has 1 aliphatic heterocycles. The molecule has 13 rings (SSSR count). The zero-order valence-corrected chi connectivity index (χ0v) is 64.0. The first kappa shape index (κ1) is 82.2. The fraction of sp³-hybridized carbons (Fsp3) is 0.286. The third-order valence-electron chi connectivity index (χ3n) is 17.1. The van der Waals surface area contributed by atoms with Gasteiger partial charge in [0, 0.05) is 113 Å². The topological polar surface area (TPSA) is 293 Å². The number of benzene rings is 10. The Bertz CT molecular complexity index is 5000. The molecule has 539 valence electrons. The van der Waals surface area contributed by atoms with Gasteiger partial charge < -0.3 is 57.3 Å². The van der Waals surface area contributed by atoms with Gasteiger partial charge in [0.15, 0.2) is 23.0 Å². The normalized spacial score (nSPS) is 14.1. The van der Waals surface area contributed by atoms with Crippen LogP contribution in [-0.4, -0.2) is 89.2 Å². The van der Waals surface area contributed by atoms with Crippen molar-refractivity contribution in [1.82, 2.24) is 0 Å². The Kier molecular flexibility index (Phi) is 26.5. The van der Waals surface area contributed by atoms with Crippen molar-refractivity contribution in [2.45, 2.75) is 122 Å². The smallest absolute Gasteiger partial charge is 1.00 e. The Balaban J connectivity index is 0.000000215. The second-order valence-corrected chi connectivity index (χ2v) is 29.5. The van der Waals surface area contributed by atoms with Crippen molar-refractivity contribution >= 4 is 121 Å². The second-order valence-electron chi connectivity index (χ2n) is 29.5. The molecule has 0 spiro atoms. The molecule has 3 aliphatic rings. The van der Waals surface area contributed by atoms with Gasteiger partial charge in [-0.1, -0.05) is 204 Å². The first-order valence-electron chi connectivity index (χ1n) is 33.9. The molecule has 8 N–H and O–H groups in total. The SMILES string of the molecule is C1CCOC1.CC(=O)Oc1c(OC(C)=O)c2cc(NC(=O)C(C)(C)C)ccc2c2ccccc12.CC(C)(C)C(=O)Nc1ccc2c(c1)C(=O)C(=O)c1ccccc1-2.CC(C)(C)C(=O)Nc1ccc2c(c1)C(O)C(O)c1ccccc1-2.CC(C)(C)C(=O)Nc1ccc2c(c1)c(O)c(O)c1ccccc12.[B].[H-].[Na+]. The Hall–Kier alpha value is -10.1. The monoisotopic (exact) mass is 1430 g/mol. The number of carbonyl (C=O) groups excluding carboxylic acids is 8. The summed E-state index contributed by atoms with van der Waals surface area (Å²) in [6.07, 6.45) is 0.582. The number of aliphatic hydroxyl groups is 2. The number of esters is 2. The number of anilines is 4. The summed E-state index contributed by atoms with van der Waals surface area (Å²) in [7, 11) is 0. The van der Waals surface area contributed by atoms with Crippen LogP contribution in [0.1, 0.15) is 155 Å². The average Bonchev–Trinajstić information content (AvgIpc) is 0.799. The van der Waals surface area contributed by atoms with Crippen LogP contribution in [-0.2, 0) is 33.5 Å². The molecular weight excluding hydrogens is 1340 g/mol. The standard InChI is InChI=1S/C23H23NO5.C19H21NO3.C19H19NO3.C19H17NO3.C4H8O.B.Na.H/c1-13(25)28-20-18-9-7-6-8-16(18)17-11-10-15(24-22(27)23(3,4)5)12-19(17)21(20)29-14(2)26;3*1-19(2,3)18(23)20-11-8-9-13-12-6-4-5-7-14(12)16(21)17(22)15(13)10-11;1-2-4-5-3-1;;;/h6-12H,1-5H3,(H,24,27);4-10,16-17,21-22H,1-3H3,(H,20,23);4-10,21-22H,1-3H3,(H,20,23);4-10H,1-3H3,(H,20,23);1-4H2;;;/q;;;;;;+1;-1. The van der Waals surface area contributed by atoms with Crippen LogP contribution in [0.3, 0.4) is 0 Å². The number of amides is 4. The average molecular weight is 1430 g/mol. The Morgan fingerprint density at radius 2 is 0.705 bits per heavy atom. The summed E-state index contributed by atoms with van der Waals surface area (Å²) in [5.41, 5.74) is 5.53. The van der Waals surface area contributed by atoms with Gasteiger partial charge in [-0.3, -0.25) is 38.4 Å². The molecule has 2 aliphatic carbocycles. The van der Waals surface area contributed by atoms with Crippen molar-refractivity contribution in [3.63, 3.8) is 0 Å². The molecule has 3 radical (unpaired) electrons. The summed E-state index contributed by atoms with van der Waals surface area (Å²) in [4.78, 5) is 96.8. The van der Waals surface area contributed by atoms with E-state index in [1.54, 1.807) is 72.8 Å². The summed E-state index contributed by atoms with van der Waals surface area (Å²) in [6.45, 7) is 26.5. The summed E-state index contributed by atoms with van der Waals surface area (Å²) in [6, 6.07) is 50.5. The number of aromatic hydroxyl groups is 2. The van der Waals surface area contributed by atoms with Gasteiger partial charge in [-0.2, -0.15) is 0 Å². The minimum Gasteiger partial charge on any atom is -1.00 e. The van der Waals surface area contributed by atoms with Crippen molar-refractivity contribution in [2.24, 2.45) is 21.7 Å². The van der Waals surface area contributed by atoms with Gasteiger partial charge in [0.2, 0.25) is 35.2 Å². The molecule has 105 heavy (non-hydrogen) atoms. The molecule has 10 aromatic carbocycles. The first-order valence-corrected chi connectivity index (χ1v) is 33.9. The number of hydrogen-bond acceptors (Lipinski definition) is 15. The minimum absolute atomic E-state index is 0. The van der Waals surface area contributed by atoms with E-state index in [2.05, 4.69) is 21.3 Å². The second kappa shape index (κ2) is 33.8. The molecule has 0 aromatic heterocycles. The number of aliphatic hydroxyl groups excluding tert-OH is 2. The fourth-order valence-corrected chi connectivity index (χ4v) is 11.4. The molecule has 1 heterocycles. The van der Waals surface area contributed by atoms with Gasteiger partial charge in [-0.05, 0) is 116 Å². The van der Waals surface area contributed by atoms with E-state index < -0.39 is 57.4 Å². The molecule has 1 fully saturated rings. The van der Waals surface area contributed by atoms with Crippen LogP contribution in [0.5, 0.6) is 23.0 Å². The van der Waals surface area contributed by atoms with E-state index in [1.165, 1.54) is 26.7 Å². The summed E-state index contributed by atoms with van der Waals surface area (Å²) >= 11 is 0. The van der Waals surface area contributed by atoms with Crippen LogP contribution in [0.25, 0.3) is 65.3 Å².